The van der Waals surface area contributed by atoms with Gasteiger partial charge in [-0.25, -0.2) is 0 Å². The summed E-state index contributed by atoms with van der Waals surface area (Å²) in [6.07, 6.45) is 11.6. The molecule has 1 aromatic carbocycles. The van der Waals surface area contributed by atoms with Gasteiger partial charge in [0.25, 0.3) is 0 Å². The molecule has 2 bridgehead atoms. The van der Waals surface area contributed by atoms with Gasteiger partial charge in [-0.3, -0.25) is 4.79 Å². The van der Waals surface area contributed by atoms with Crippen molar-refractivity contribution in [1.29, 1.82) is 0 Å². The molecule has 2 aliphatic rings. The Balaban J connectivity index is 1.52. The van der Waals surface area contributed by atoms with Crippen LogP contribution in [0.25, 0.3) is 0 Å². The fourth-order valence-electron chi connectivity index (χ4n) is 4.27. The molecule has 0 aromatic heterocycles. The molecule has 0 heterocycles. The van der Waals surface area contributed by atoms with E-state index in [2.05, 4.69) is 12.2 Å². The molecule has 0 amide bonds. The van der Waals surface area contributed by atoms with E-state index < -0.39 is 5.97 Å². The van der Waals surface area contributed by atoms with Crippen LogP contribution in [-0.4, -0.2) is 17.2 Å². The Morgan fingerprint density at radius 2 is 1.96 bits per heavy atom. The van der Waals surface area contributed by atoms with E-state index in [1.165, 1.54) is 19.3 Å². The summed E-state index contributed by atoms with van der Waals surface area (Å²) in [4.78, 5) is 10.5. The van der Waals surface area contributed by atoms with Gasteiger partial charge in [-0.05, 0) is 62.5 Å². The summed E-state index contributed by atoms with van der Waals surface area (Å²) in [5.41, 5.74) is 0. The van der Waals surface area contributed by atoms with Crippen LogP contribution in [0.3, 0.4) is 0 Å². The first-order chi connectivity index (χ1) is 11.2. The predicted octanol–water partition coefficient (Wildman–Crippen LogP) is 4.68. The van der Waals surface area contributed by atoms with Gasteiger partial charge < -0.3 is 9.84 Å². The third-order valence-corrected chi connectivity index (χ3v) is 5.36. The fraction of sp³-hybridized carbons (Fsp3) is 0.550. The Labute approximate surface area is 138 Å². The zero-order valence-electron chi connectivity index (χ0n) is 13.6. The summed E-state index contributed by atoms with van der Waals surface area (Å²) in [6, 6.07) is 10.2. The van der Waals surface area contributed by atoms with Crippen LogP contribution in [0.15, 0.2) is 42.5 Å². The van der Waals surface area contributed by atoms with E-state index in [4.69, 9.17) is 9.84 Å². The van der Waals surface area contributed by atoms with Crippen LogP contribution in [0.2, 0.25) is 0 Å². The van der Waals surface area contributed by atoms with Crippen molar-refractivity contribution in [3.8, 4) is 5.75 Å². The van der Waals surface area contributed by atoms with Gasteiger partial charge in [-0.1, -0.05) is 30.4 Å². The molecule has 2 saturated carbocycles. The number of rotatable bonds is 8. The Morgan fingerprint density at radius 3 is 2.74 bits per heavy atom. The molecule has 0 spiro atoms. The first-order valence-electron chi connectivity index (χ1n) is 8.82. The molecule has 0 unspecified atom stereocenters. The Hall–Kier alpha value is -1.77. The molecular weight excluding hydrogens is 288 g/mol. The molecule has 2 aliphatic carbocycles. The highest BCUT2D eigenvalue weighted by Gasteiger charge is 2.48. The topological polar surface area (TPSA) is 46.5 Å². The van der Waals surface area contributed by atoms with Crippen molar-refractivity contribution in [2.45, 2.75) is 51.0 Å². The fourth-order valence-corrected chi connectivity index (χ4v) is 4.27. The van der Waals surface area contributed by atoms with Crippen molar-refractivity contribution in [2.24, 2.45) is 17.8 Å². The Morgan fingerprint density at radius 1 is 1.17 bits per heavy atom. The highest BCUT2D eigenvalue weighted by Crippen LogP contribution is 2.51. The van der Waals surface area contributed by atoms with Crippen LogP contribution < -0.4 is 4.74 Å². The minimum atomic E-state index is -0.706. The molecule has 124 valence electrons. The highest BCUT2D eigenvalue weighted by molar-refractivity contribution is 5.66. The molecule has 23 heavy (non-hydrogen) atoms. The average molecular weight is 314 g/mol. The van der Waals surface area contributed by atoms with E-state index in [9.17, 15) is 4.79 Å². The number of carboxylic acid groups (broad SMARTS) is 1. The van der Waals surface area contributed by atoms with Crippen LogP contribution >= 0.6 is 0 Å². The molecule has 1 aromatic rings. The molecule has 1 N–H and O–H groups in total. The number of hydrogen-bond donors (Lipinski definition) is 1. The number of aliphatic carboxylic acids is 1. The van der Waals surface area contributed by atoms with Crippen molar-refractivity contribution in [2.75, 3.05) is 0 Å². The van der Waals surface area contributed by atoms with Gasteiger partial charge in [0.1, 0.15) is 11.9 Å². The second-order valence-corrected chi connectivity index (χ2v) is 6.89. The number of hydrogen-bond acceptors (Lipinski definition) is 2. The maximum atomic E-state index is 10.5. The monoisotopic (exact) mass is 314 g/mol. The quantitative estimate of drug-likeness (QED) is 0.560. The van der Waals surface area contributed by atoms with Crippen LogP contribution in [0.1, 0.15) is 44.9 Å². The van der Waals surface area contributed by atoms with Gasteiger partial charge in [0, 0.05) is 12.3 Å². The number of fused-ring (bicyclic) bond motifs is 2. The normalized spacial score (nSPS) is 29.2. The molecule has 0 saturated heterocycles. The van der Waals surface area contributed by atoms with Crippen LogP contribution in [0.5, 0.6) is 5.75 Å². The molecule has 0 aliphatic heterocycles. The lowest BCUT2D eigenvalue weighted by atomic mass is 9.84. The van der Waals surface area contributed by atoms with Crippen molar-refractivity contribution < 1.29 is 14.6 Å². The molecular formula is C20H26O3. The molecule has 4 atom stereocenters. The minimum Gasteiger partial charge on any atom is -0.490 e. The maximum Gasteiger partial charge on any atom is 0.303 e. The lowest BCUT2D eigenvalue weighted by Gasteiger charge is -2.31. The summed E-state index contributed by atoms with van der Waals surface area (Å²) in [5, 5.41) is 8.65. The lowest BCUT2D eigenvalue weighted by Crippen LogP contribution is -2.32. The Bertz CT molecular complexity index is 537. The highest BCUT2D eigenvalue weighted by atomic mass is 16.5. The number of unbranched alkanes of at least 4 members (excludes halogenated alkanes) is 1. The van der Waals surface area contributed by atoms with Gasteiger partial charge in [0.15, 0.2) is 0 Å². The maximum absolute atomic E-state index is 10.5. The second kappa shape index (κ2) is 7.67. The van der Waals surface area contributed by atoms with Crippen LogP contribution in [-0.2, 0) is 4.79 Å². The van der Waals surface area contributed by atoms with Gasteiger partial charge >= 0.3 is 5.97 Å². The van der Waals surface area contributed by atoms with Crippen molar-refractivity contribution >= 4 is 5.97 Å². The van der Waals surface area contributed by atoms with Gasteiger partial charge in [0.05, 0.1) is 0 Å². The number of ether oxygens (including phenoxy) is 1. The molecule has 2 fully saturated rings. The standard InChI is InChI=1S/C20H26O3/c21-19(22)11-7-2-1-6-10-18-15-12-13-16(14-15)20(18)23-17-8-4-3-5-9-17/h1,3-6,8-9,15-16,18,20H,2,7,10-14H2,(H,21,22)/b6-1-/t15-,16+,18-,20-/m1/s1. The molecule has 0 radical (unpaired) electrons. The summed E-state index contributed by atoms with van der Waals surface area (Å²) in [6.45, 7) is 0. The van der Waals surface area contributed by atoms with Crippen LogP contribution in [0, 0.1) is 17.8 Å². The first kappa shape index (κ1) is 16.1. The zero-order chi connectivity index (χ0) is 16.1. The summed E-state index contributed by atoms with van der Waals surface area (Å²) in [7, 11) is 0. The summed E-state index contributed by atoms with van der Waals surface area (Å²) < 4.78 is 6.32. The third-order valence-electron chi connectivity index (χ3n) is 5.36. The van der Waals surface area contributed by atoms with Crippen LogP contribution in [0.4, 0.5) is 0 Å². The van der Waals surface area contributed by atoms with Gasteiger partial charge in [-0.2, -0.15) is 0 Å². The van der Waals surface area contributed by atoms with Gasteiger partial charge in [0.2, 0.25) is 0 Å². The lowest BCUT2D eigenvalue weighted by molar-refractivity contribution is -0.137. The van der Waals surface area contributed by atoms with E-state index in [0.717, 1.165) is 30.9 Å². The summed E-state index contributed by atoms with van der Waals surface area (Å²) in [5.74, 6) is 2.41. The van der Waals surface area contributed by atoms with E-state index in [0.29, 0.717) is 17.9 Å². The molecule has 3 rings (SSSR count). The van der Waals surface area contributed by atoms with E-state index >= 15 is 0 Å². The zero-order valence-corrected chi connectivity index (χ0v) is 13.6. The number of benzene rings is 1. The average Bonchev–Trinajstić information content (AvgIpc) is 3.14. The SMILES string of the molecule is O=C(O)CCC/C=C\C[C@@H]1[C@@H]2CC[C@@H](C2)[C@H]1Oc1ccccc1. The third kappa shape index (κ3) is 4.15. The Kier molecular flexibility index (Phi) is 5.37. The van der Waals surface area contributed by atoms with Crippen molar-refractivity contribution in [3.63, 3.8) is 0 Å². The van der Waals surface area contributed by atoms with E-state index in [1.54, 1.807) is 0 Å². The minimum absolute atomic E-state index is 0.262. The van der Waals surface area contributed by atoms with Crippen molar-refractivity contribution in [1.82, 2.24) is 0 Å². The molecule has 3 heteroatoms. The number of para-hydroxylation sites is 1. The largest absolute Gasteiger partial charge is 0.490 e. The smallest absolute Gasteiger partial charge is 0.303 e. The number of allylic oxidation sites excluding steroid dienone is 2. The number of carboxylic acids is 1. The second-order valence-electron chi connectivity index (χ2n) is 6.89. The predicted molar refractivity (Wildman–Crippen MR) is 90.4 cm³/mol. The van der Waals surface area contributed by atoms with Gasteiger partial charge in [-0.15, -0.1) is 0 Å². The number of carbonyl (C=O) groups is 1. The first-order valence-corrected chi connectivity index (χ1v) is 8.82. The van der Waals surface area contributed by atoms with Crippen molar-refractivity contribution in [3.05, 3.63) is 42.5 Å². The molecule has 3 nitrogen and oxygen atoms in total. The summed E-state index contributed by atoms with van der Waals surface area (Å²) >= 11 is 0. The van der Waals surface area contributed by atoms with E-state index in [1.807, 2.05) is 30.3 Å². The van der Waals surface area contributed by atoms with E-state index in [-0.39, 0.29) is 6.42 Å².